The van der Waals surface area contributed by atoms with E-state index in [-0.39, 0.29) is 6.61 Å². The first-order valence-electron chi connectivity index (χ1n) is 7.82. The van der Waals surface area contributed by atoms with E-state index < -0.39 is 11.5 Å². The molecule has 2 N–H and O–H groups in total. The molecular formula is C21H19NO2. The third kappa shape index (κ3) is 3.07. The number of amides is 1. The van der Waals surface area contributed by atoms with Gasteiger partial charge in [0, 0.05) is 0 Å². The summed E-state index contributed by atoms with van der Waals surface area (Å²) >= 11 is 0. The third-order valence-electron chi connectivity index (χ3n) is 4.01. The Morgan fingerprint density at radius 2 is 1.17 bits per heavy atom. The fraction of sp³-hybridized carbons (Fsp3) is 0.0952. The normalized spacial score (nSPS) is 11.2. The first-order chi connectivity index (χ1) is 11.7. The highest BCUT2D eigenvalue weighted by Gasteiger charge is 2.41. The van der Waals surface area contributed by atoms with E-state index in [1.54, 1.807) is 0 Å². The lowest BCUT2D eigenvalue weighted by Gasteiger charge is -2.32. The molecule has 0 aliphatic heterocycles. The first kappa shape index (κ1) is 16.0. The highest BCUT2D eigenvalue weighted by atomic mass is 16.5. The van der Waals surface area contributed by atoms with Crippen LogP contribution in [0.25, 0.3) is 0 Å². The molecule has 24 heavy (non-hydrogen) atoms. The maximum atomic E-state index is 12.5. The van der Waals surface area contributed by atoms with Crippen LogP contribution in [0.5, 0.6) is 0 Å². The number of hydrogen-bond donors (Lipinski definition) is 1. The van der Waals surface area contributed by atoms with E-state index >= 15 is 0 Å². The van der Waals surface area contributed by atoms with Crippen molar-refractivity contribution in [3.05, 3.63) is 108 Å². The van der Waals surface area contributed by atoms with Gasteiger partial charge < -0.3 is 10.5 Å². The molecule has 0 spiro atoms. The molecule has 0 aromatic heterocycles. The lowest BCUT2D eigenvalue weighted by atomic mass is 9.85. The minimum atomic E-state index is -1.32. The predicted molar refractivity (Wildman–Crippen MR) is 94.1 cm³/mol. The standard InChI is InChI=1S/C21H19NO2/c22-20(23)21(18-12-6-2-7-13-18,19-14-8-3-9-15-19)24-16-17-10-4-1-5-11-17/h1-15H,16H2,(H2,22,23). The van der Waals surface area contributed by atoms with Crippen molar-refractivity contribution in [2.45, 2.75) is 12.2 Å². The molecule has 0 saturated carbocycles. The van der Waals surface area contributed by atoms with Gasteiger partial charge in [0.05, 0.1) is 6.61 Å². The Kier molecular flexibility index (Phi) is 4.73. The van der Waals surface area contributed by atoms with E-state index in [1.165, 1.54) is 0 Å². The van der Waals surface area contributed by atoms with Crippen LogP contribution in [0.2, 0.25) is 0 Å². The molecule has 0 saturated heterocycles. The largest absolute Gasteiger partial charge is 0.367 e. The minimum absolute atomic E-state index is 0.285. The van der Waals surface area contributed by atoms with Crippen molar-refractivity contribution in [1.29, 1.82) is 0 Å². The zero-order valence-corrected chi connectivity index (χ0v) is 13.3. The number of hydrogen-bond acceptors (Lipinski definition) is 2. The van der Waals surface area contributed by atoms with Crippen LogP contribution in [-0.2, 0) is 21.7 Å². The molecule has 0 heterocycles. The Labute approximate surface area is 141 Å². The smallest absolute Gasteiger partial charge is 0.259 e. The average molecular weight is 317 g/mol. The maximum absolute atomic E-state index is 12.5. The van der Waals surface area contributed by atoms with Gasteiger partial charge in [-0.05, 0) is 16.7 Å². The van der Waals surface area contributed by atoms with Crippen molar-refractivity contribution in [2.24, 2.45) is 5.73 Å². The second kappa shape index (κ2) is 7.11. The summed E-state index contributed by atoms with van der Waals surface area (Å²) in [5, 5.41) is 0. The quantitative estimate of drug-likeness (QED) is 0.755. The van der Waals surface area contributed by atoms with Crippen LogP contribution < -0.4 is 5.73 Å². The lowest BCUT2D eigenvalue weighted by molar-refractivity contribution is -0.141. The second-order valence-corrected chi connectivity index (χ2v) is 5.55. The fourth-order valence-corrected chi connectivity index (χ4v) is 2.80. The van der Waals surface area contributed by atoms with E-state index in [4.69, 9.17) is 10.5 Å². The Hall–Kier alpha value is -2.91. The van der Waals surface area contributed by atoms with Gasteiger partial charge in [-0.15, -0.1) is 0 Å². The van der Waals surface area contributed by atoms with Crippen molar-refractivity contribution < 1.29 is 9.53 Å². The number of ether oxygens (including phenoxy) is 1. The van der Waals surface area contributed by atoms with Crippen molar-refractivity contribution in [1.82, 2.24) is 0 Å². The van der Waals surface area contributed by atoms with Crippen LogP contribution in [0.4, 0.5) is 0 Å². The zero-order chi connectivity index (χ0) is 16.8. The van der Waals surface area contributed by atoms with Crippen molar-refractivity contribution in [2.75, 3.05) is 0 Å². The van der Waals surface area contributed by atoms with Gasteiger partial charge in [0.15, 0.2) is 5.60 Å². The van der Waals surface area contributed by atoms with Crippen LogP contribution >= 0.6 is 0 Å². The SMILES string of the molecule is NC(=O)C(OCc1ccccc1)(c1ccccc1)c1ccccc1. The summed E-state index contributed by atoms with van der Waals surface area (Å²) < 4.78 is 6.17. The Bertz CT molecular complexity index is 746. The van der Waals surface area contributed by atoms with Gasteiger partial charge in [-0.3, -0.25) is 4.79 Å². The summed E-state index contributed by atoms with van der Waals surface area (Å²) in [5.74, 6) is -0.532. The van der Waals surface area contributed by atoms with Gasteiger partial charge in [-0.2, -0.15) is 0 Å². The first-order valence-corrected chi connectivity index (χ1v) is 7.82. The van der Waals surface area contributed by atoms with Gasteiger partial charge in [0.2, 0.25) is 0 Å². The summed E-state index contributed by atoms with van der Waals surface area (Å²) in [6.07, 6.45) is 0. The molecule has 0 aliphatic rings. The zero-order valence-electron chi connectivity index (χ0n) is 13.3. The molecule has 3 aromatic rings. The van der Waals surface area contributed by atoms with Gasteiger partial charge in [-0.1, -0.05) is 91.0 Å². The predicted octanol–water partition coefficient (Wildman–Crippen LogP) is 3.63. The van der Waals surface area contributed by atoms with E-state index in [0.717, 1.165) is 16.7 Å². The molecule has 0 bridgehead atoms. The lowest BCUT2D eigenvalue weighted by Crippen LogP contribution is -2.44. The van der Waals surface area contributed by atoms with E-state index in [0.29, 0.717) is 0 Å². The fourth-order valence-electron chi connectivity index (χ4n) is 2.80. The molecule has 1 amide bonds. The van der Waals surface area contributed by atoms with Crippen LogP contribution in [-0.4, -0.2) is 5.91 Å². The Balaban J connectivity index is 2.07. The van der Waals surface area contributed by atoms with Gasteiger partial charge in [-0.25, -0.2) is 0 Å². The van der Waals surface area contributed by atoms with Crippen LogP contribution in [0.1, 0.15) is 16.7 Å². The van der Waals surface area contributed by atoms with Gasteiger partial charge in [0.1, 0.15) is 0 Å². The highest BCUT2D eigenvalue weighted by molar-refractivity contribution is 5.89. The molecule has 0 radical (unpaired) electrons. The highest BCUT2D eigenvalue weighted by Crippen LogP contribution is 2.34. The minimum Gasteiger partial charge on any atom is -0.367 e. The van der Waals surface area contributed by atoms with Crippen molar-refractivity contribution in [3.8, 4) is 0 Å². The summed E-state index contributed by atoms with van der Waals surface area (Å²) in [6, 6.07) is 28.5. The third-order valence-corrected chi connectivity index (χ3v) is 4.01. The van der Waals surface area contributed by atoms with Crippen molar-refractivity contribution in [3.63, 3.8) is 0 Å². The molecule has 3 heteroatoms. The topological polar surface area (TPSA) is 52.3 Å². The van der Waals surface area contributed by atoms with Gasteiger partial charge in [0.25, 0.3) is 5.91 Å². The Morgan fingerprint density at radius 3 is 1.58 bits per heavy atom. The maximum Gasteiger partial charge on any atom is 0.259 e. The van der Waals surface area contributed by atoms with Gasteiger partial charge >= 0.3 is 0 Å². The van der Waals surface area contributed by atoms with E-state index in [1.807, 2.05) is 91.0 Å². The molecule has 0 aliphatic carbocycles. The molecule has 0 atom stereocenters. The molecule has 0 unspecified atom stereocenters. The van der Waals surface area contributed by atoms with Crippen molar-refractivity contribution >= 4 is 5.91 Å². The van der Waals surface area contributed by atoms with E-state index in [2.05, 4.69) is 0 Å². The number of benzene rings is 3. The molecule has 3 aromatic carbocycles. The molecule has 3 nitrogen and oxygen atoms in total. The van der Waals surface area contributed by atoms with Crippen LogP contribution in [0, 0.1) is 0 Å². The number of carbonyl (C=O) groups is 1. The summed E-state index contributed by atoms with van der Waals surface area (Å²) in [4.78, 5) is 12.5. The second-order valence-electron chi connectivity index (χ2n) is 5.55. The van der Waals surface area contributed by atoms with E-state index in [9.17, 15) is 4.79 Å². The molecular weight excluding hydrogens is 298 g/mol. The number of nitrogens with two attached hydrogens (primary N) is 1. The number of primary amides is 1. The summed E-state index contributed by atoms with van der Waals surface area (Å²) in [6.45, 7) is 0.285. The number of carbonyl (C=O) groups excluding carboxylic acids is 1. The summed E-state index contributed by atoms with van der Waals surface area (Å²) in [7, 11) is 0. The Morgan fingerprint density at radius 1 is 0.750 bits per heavy atom. The number of rotatable bonds is 6. The molecule has 120 valence electrons. The molecule has 0 fully saturated rings. The monoisotopic (exact) mass is 317 g/mol. The van der Waals surface area contributed by atoms with Crippen LogP contribution in [0.3, 0.4) is 0 Å². The average Bonchev–Trinajstić information content (AvgIpc) is 2.65. The summed E-state index contributed by atoms with van der Waals surface area (Å²) in [5.41, 5.74) is 6.94. The van der Waals surface area contributed by atoms with Crippen LogP contribution in [0.15, 0.2) is 91.0 Å². The molecule has 3 rings (SSSR count).